The molecule has 0 radical (unpaired) electrons. The number of rotatable bonds is 9. The number of nitrogens with one attached hydrogen (secondary N) is 1. The van der Waals surface area contributed by atoms with Crippen molar-refractivity contribution in [1.29, 1.82) is 0 Å². The van der Waals surface area contributed by atoms with Crippen LogP contribution in [0.25, 0.3) is 10.8 Å². The Morgan fingerprint density at radius 3 is 2.47 bits per heavy atom. The number of benzene rings is 3. The van der Waals surface area contributed by atoms with Crippen LogP contribution in [0.1, 0.15) is 25.8 Å². The smallest absolute Gasteiger partial charge is 0.261 e. The Bertz CT molecular complexity index is 1090. The highest BCUT2D eigenvalue weighted by molar-refractivity contribution is 9.10. The summed E-state index contributed by atoms with van der Waals surface area (Å²) in [5, 5.41) is 5.52. The van der Waals surface area contributed by atoms with Crippen molar-refractivity contribution < 1.29 is 14.3 Å². The molecular weight excluding hydrogens is 492 g/mol. The molecule has 0 fully saturated rings. The van der Waals surface area contributed by atoms with E-state index in [4.69, 9.17) is 16.3 Å². The van der Waals surface area contributed by atoms with Gasteiger partial charge in [-0.3, -0.25) is 9.59 Å². The monoisotopic (exact) mass is 516 g/mol. The van der Waals surface area contributed by atoms with E-state index in [1.807, 2.05) is 62.4 Å². The van der Waals surface area contributed by atoms with Crippen LogP contribution in [-0.4, -0.2) is 35.9 Å². The van der Waals surface area contributed by atoms with Gasteiger partial charge in [0.2, 0.25) is 5.91 Å². The van der Waals surface area contributed by atoms with Crippen molar-refractivity contribution in [2.24, 2.45) is 0 Å². The van der Waals surface area contributed by atoms with Crippen molar-refractivity contribution in [2.45, 2.75) is 32.9 Å². The molecule has 32 heavy (non-hydrogen) atoms. The number of likely N-dealkylation sites (N-methyl/N-ethyl adjacent to an activating group) is 1. The maximum Gasteiger partial charge on any atom is 0.261 e. The van der Waals surface area contributed by atoms with Gasteiger partial charge in [-0.05, 0) is 63.8 Å². The standard InChI is InChI=1S/C25H26BrClN2O3/c1-3-21(25(31)28-4-2)29(15-17-9-12-19(27)13-10-17)23(30)16-32-22-14-11-18-7-5-6-8-20(18)24(22)26/h5-14,21H,3-4,15-16H2,1-2H3,(H,28,31)/t21-/m0/s1. The summed E-state index contributed by atoms with van der Waals surface area (Å²) in [6.45, 7) is 4.35. The third-order valence-electron chi connectivity index (χ3n) is 5.18. The van der Waals surface area contributed by atoms with Crippen LogP contribution in [0.4, 0.5) is 0 Å². The summed E-state index contributed by atoms with van der Waals surface area (Å²) in [4.78, 5) is 27.5. The van der Waals surface area contributed by atoms with Crippen LogP contribution in [0.15, 0.2) is 65.1 Å². The highest BCUT2D eigenvalue weighted by atomic mass is 79.9. The second kappa shape index (κ2) is 11.3. The van der Waals surface area contributed by atoms with Gasteiger partial charge in [-0.2, -0.15) is 0 Å². The lowest BCUT2D eigenvalue weighted by Crippen LogP contribution is -2.50. The second-order valence-electron chi connectivity index (χ2n) is 7.35. The Kier molecular flexibility index (Phi) is 8.53. The Labute approximate surface area is 201 Å². The highest BCUT2D eigenvalue weighted by Crippen LogP contribution is 2.33. The van der Waals surface area contributed by atoms with Crippen molar-refractivity contribution in [3.8, 4) is 5.75 Å². The van der Waals surface area contributed by atoms with Gasteiger partial charge < -0.3 is 15.0 Å². The maximum atomic E-state index is 13.3. The third-order valence-corrected chi connectivity index (χ3v) is 6.25. The molecule has 0 saturated heterocycles. The Morgan fingerprint density at radius 2 is 1.78 bits per heavy atom. The van der Waals surface area contributed by atoms with E-state index < -0.39 is 6.04 Å². The van der Waals surface area contributed by atoms with Crippen LogP contribution in [0.3, 0.4) is 0 Å². The van der Waals surface area contributed by atoms with Crippen molar-refractivity contribution in [1.82, 2.24) is 10.2 Å². The molecule has 0 bridgehead atoms. The molecule has 0 aliphatic heterocycles. The van der Waals surface area contributed by atoms with Crippen LogP contribution in [0, 0.1) is 0 Å². The number of nitrogens with zero attached hydrogens (tertiary/aromatic N) is 1. The molecule has 0 aliphatic rings. The van der Waals surface area contributed by atoms with Gasteiger partial charge in [-0.1, -0.05) is 61.0 Å². The largest absolute Gasteiger partial charge is 0.483 e. The molecule has 3 aromatic carbocycles. The van der Waals surface area contributed by atoms with Crippen LogP contribution in [-0.2, 0) is 16.1 Å². The predicted molar refractivity (Wildman–Crippen MR) is 132 cm³/mol. The van der Waals surface area contributed by atoms with Gasteiger partial charge in [-0.25, -0.2) is 0 Å². The van der Waals surface area contributed by atoms with Crippen molar-refractivity contribution in [2.75, 3.05) is 13.2 Å². The zero-order chi connectivity index (χ0) is 23.1. The first-order valence-corrected chi connectivity index (χ1v) is 11.7. The first kappa shape index (κ1) is 24.1. The molecule has 3 rings (SSSR count). The van der Waals surface area contributed by atoms with Crippen molar-refractivity contribution >= 4 is 50.1 Å². The number of halogens is 2. The van der Waals surface area contributed by atoms with Gasteiger partial charge in [0.05, 0.1) is 4.47 Å². The third kappa shape index (κ3) is 5.81. The van der Waals surface area contributed by atoms with Gasteiger partial charge in [0.25, 0.3) is 5.91 Å². The van der Waals surface area contributed by atoms with Gasteiger partial charge >= 0.3 is 0 Å². The fourth-order valence-corrected chi connectivity index (χ4v) is 4.28. The first-order valence-electron chi connectivity index (χ1n) is 10.6. The highest BCUT2D eigenvalue weighted by Gasteiger charge is 2.28. The number of hydrogen-bond donors (Lipinski definition) is 1. The summed E-state index contributed by atoms with van der Waals surface area (Å²) in [6, 6.07) is 18.4. The number of fused-ring (bicyclic) bond motifs is 1. The fraction of sp³-hybridized carbons (Fsp3) is 0.280. The summed E-state index contributed by atoms with van der Waals surface area (Å²) in [5.41, 5.74) is 0.886. The Hall–Kier alpha value is -2.57. The van der Waals surface area contributed by atoms with E-state index in [1.165, 1.54) is 0 Å². The average Bonchev–Trinajstić information content (AvgIpc) is 2.80. The molecule has 0 unspecified atom stereocenters. The molecular formula is C25H26BrClN2O3. The van der Waals surface area contributed by atoms with E-state index in [9.17, 15) is 9.59 Å². The fourth-order valence-electron chi connectivity index (χ4n) is 3.55. The molecule has 5 nitrogen and oxygen atoms in total. The molecule has 168 valence electrons. The second-order valence-corrected chi connectivity index (χ2v) is 8.58. The van der Waals surface area contributed by atoms with Gasteiger partial charge in [-0.15, -0.1) is 0 Å². The number of ether oxygens (including phenoxy) is 1. The van der Waals surface area contributed by atoms with Crippen LogP contribution >= 0.6 is 27.5 Å². The van der Waals surface area contributed by atoms with E-state index in [1.54, 1.807) is 17.0 Å². The average molecular weight is 518 g/mol. The minimum atomic E-state index is -0.596. The SMILES string of the molecule is CCNC(=O)[C@H](CC)N(Cc1ccc(Cl)cc1)C(=O)COc1ccc2ccccc2c1Br. The number of amides is 2. The van der Waals surface area contributed by atoms with E-state index in [2.05, 4.69) is 21.2 Å². The number of hydrogen-bond acceptors (Lipinski definition) is 3. The molecule has 0 aromatic heterocycles. The predicted octanol–water partition coefficient (Wildman–Crippen LogP) is 5.58. The summed E-state index contributed by atoms with van der Waals surface area (Å²) in [6.07, 6.45) is 0.491. The maximum absolute atomic E-state index is 13.3. The molecule has 0 saturated carbocycles. The zero-order valence-corrected chi connectivity index (χ0v) is 20.4. The molecule has 1 N–H and O–H groups in total. The lowest BCUT2D eigenvalue weighted by Gasteiger charge is -2.30. The van der Waals surface area contributed by atoms with Gasteiger partial charge in [0, 0.05) is 18.1 Å². The molecule has 0 heterocycles. The summed E-state index contributed by atoms with van der Waals surface area (Å²) in [7, 11) is 0. The van der Waals surface area contributed by atoms with E-state index >= 15 is 0 Å². The van der Waals surface area contributed by atoms with E-state index in [0.29, 0.717) is 23.7 Å². The van der Waals surface area contributed by atoms with Gasteiger partial charge in [0.15, 0.2) is 6.61 Å². The quantitative estimate of drug-likeness (QED) is 0.403. The lowest BCUT2D eigenvalue weighted by molar-refractivity contribution is -0.142. The van der Waals surface area contributed by atoms with Crippen molar-refractivity contribution in [3.63, 3.8) is 0 Å². The minimum Gasteiger partial charge on any atom is -0.483 e. The normalized spacial score (nSPS) is 11.8. The summed E-state index contributed by atoms with van der Waals surface area (Å²) < 4.78 is 6.68. The van der Waals surface area contributed by atoms with Gasteiger partial charge in [0.1, 0.15) is 11.8 Å². The molecule has 1 atom stereocenters. The molecule has 0 aliphatic carbocycles. The van der Waals surface area contributed by atoms with Crippen LogP contribution in [0.5, 0.6) is 5.75 Å². The van der Waals surface area contributed by atoms with Crippen LogP contribution in [0.2, 0.25) is 5.02 Å². The first-order chi connectivity index (χ1) is 15.4. The molecule has 7 heteroatoms. The number of carbonyl (C=O) groups is 2. The van der Waals surface area contributed by atoms with E-state index in [-0.39, 0.29) is 25.0 Å². The van der Waals surface area contributed by atoms with Crippen LogP contribution < -0.4 is 10.1 Å². The van der Waals surface area contributed by atoms with Crippen molar-refractivity contribution in [3.05, 3.63) is 75.7 Å². The Balaban J connectivity index is 1.81. The number of carbonyl (C=O) groups excluding carboxylic acids is 2. The molecule has 3 aromatic rings. The Morgan fingerprint density at radius 1 is 1.06 bits per heavy atom. The summed E-state index contributed by atoms with van der Waals surface area (Å²) >= 11 is 9.59. The molecule has 2 amide bonds. The topological polar surface area (TPSA) is 58.6 Å². The lowest BCUT2D eigenvalue weighted by atomic mass is 10.1. The minimum absolute atomic E-state index is 0.177. The molecule has 0 spiro atoms. The van der Waals surface area contributed by atoms with E-state index in [0.717, 1.165) is 20.8 Å². The summed E-state index contributed by atoms with van der Waals surface area (Å²) in [5.74, 6) is 0.136. The zero-order valence-electron chi connectivity index (χ0n) is 18.1.